The number of halogens is 1. The van der Waals surface area contributed by atoms with Crippen LogP contribution in [0.15, 0.2) is 47.1 Å². The molecule has 2 aliphatic heterocycles. The van der Waals surface area contributed by atoms with Gasteiger partial charge in [0.1, 0.15) is 0 Å². The normalized spacial score (nSPS) is 21.1. The molecule has 2 aromatic rings. The number of benzene rings is 1. The molecule has 3 amide bonds. The summed E-state index contributed by atoms with van der Waals surface area (Å²) >= 11 is 5.88. The van der Waals surface area contributed by atoms with E-state index in [9.17, 15) is 14.4 Å². The Labute approximate surface area is 161 Å². The van der Waals surface area contributed by atoms with E-state index in [1.807, 2.05) is 4.90 Å². The van der Waals surface area contributed by atoms with Gasteiger partial charge in [-0.15, -0.1) is 0 Å². The second-order valence-electron chi connectivity index (χ2n) is 6.57. The number of anilines is 1. The van der Waals surface area contributed by atoms with Crippen LogP contribution < -0.4 is 4.90 Å². The lowest BCUT2D eigenvalue weighted by Crippen LogP contribution is -2.53. The van der Waals surface area contributed by atoms with Gasteiger partial charge >= 0.3 is 0 Å². The van der Waals surface area contributed by atoms with Crippen molar-refractivity contribution in [2.45, 2.75) is 12.5 Å². The van der Waals surface area contributed by atoms with Gasteiger partial charge in [0, 0.05) is 31.2 Å². The molecule has 2 saturated heterocycles. The number of furan rings is 1. The Morgan fingerprint density at radius 2 is 1.74 bits per heavy atom. The number of carbonyl (C=O) groups excluding carboxylic acids is 3. The second kappa shape index (κ2) is 7.17. The summed E-state index contributed by atoms with van der Waals surface area (Å²) in [4.78, 5) is 42.5. The first-order valence-electron chi connectivity index (χ1n) is 8.74. The Bertz CT molecular complexity index is 858. The van der Waals surface area contributed by atoms with Gasteiger partial charge in [0.05, 0.1) is 24.4 Å². The van der Waals surface area contributed by atoms with Gasteiger partial charge in [-0.1, -0.05) is 11.6 Å². The summed E-state index contributed by atoms with van der Waals surface area (Å²) in [5.41, 5.74) is 0.531. The summed E-state index contributed by atoms with van der Waals surface area (Å²) in [6.07, 6.45) is 1.62. The van der Waals surface area contributed by atoms with Gasteiger partial charge in [-0.3, -0.25) is 19.3 Å². The number of hydrogen-bond donors (Lipinski definition) is 0. The molecule has 1 unspecified atom stereocenters. The maximum atomic E-state index is 12.8. The van der Waals surface area contributed by atoms with E-state index in [0.717, 1.165) is 0 Å². The highest BCUT2D eigenvalue weighted by Crippen LogP contribution is 2.27. The van der Waals surface area contributed by atoms with Gasteiger partial charge in [0.15, 0.2) is 5.76 Å². The van der Waals surface area contributed by atoms with Crippen molar-refractivity contribution in [2.75, 3.05) is 31.1 Å². The highest BCUT2D eigenvalue weighted by atomic mass is 35.5. The number of carbonyl (C=O) groups is 3. The third-order valence-corrected chi connectivity index (χ3v) is 5.23. The number of piperazine rings is 1. The third-order valence-electron chi connectivity index (χ3n) is 4.98. The number of nitrogens with zero attached hydrogens (tertiary/aromatic N) is 3. The molecule has 7 nitrogen and oxygen atoms in total. The summed E-state index contributed by atoms with van der Waals surface area (Å²) in [5, 5.41) is 0.548. The van der Waals surface area contributed by atoms with E-state index in [1.54, 1.807) is 41.3 Å². The minimum atomic E-state index is -0.492. The van der Waals surface area contributed by atoms with Gasteiger partial charge in [0.2, 0.25) is 5.91 Å². The lowest BCUT2D eigenvalue weighted by Gasteiger charge is -2.36. The van der Waals surface area contributed by atoms with Crippen LogP contribution in [0.4, 0.5) is 5.69 Å². The van der Waals surface area contributed by atoms with Crippen LogP contribution in [0.25, 0.3) is 0 Å². The zero-order valence-corrected chi connectivity index (χ0v) is 15.3. The van der Waals surface area contributed by atoms with E-state index in [0.29, 0.717) is 42.6 Å². The predicted octanol–water partition coefficient (Wildman–Crippen LogP) is 2.02. The van der Waals surface area contributed by atoms with Crippen LogP contribution >= 0.6 is 11.6 Å². The van der Waals surface area contributed by atoms with Crippen LogP contribution in [0.2, 0.25) is 5.02 Å². The maximum absolute atomic E-state index is 12.8. The molecule has 1 aromatic carbocycles. The fourth-order valence-corrected chi connectivity index (χ4v) is 3.68. The van der Waals surface area contributed by atoms with Crippen LogP contribution in [0.1, 0.15) is 17.0 Å². The molecule has 2 fully saturated rings. The molecule has 1 aromatic heterocycles. The molecule has 1 atom stereocenters. The van der Waals surface area contributed by atoms with Crippen molar-refractivity contribution in [3.63, 3.8) is 0 Å². The zero-order valence-electron chi connectivity index (χ0n) is 14.5. The smallest absolute Gasteiger partial charge is 0.289 e. The molecule has 0 saturated carbocycles. The standard InChI is InChI=1S/C19H18ClN3O4/c20-13-3-5-14(6-4-13)23-17(24)12-15(18(23)25)21-7-9-22(10-8-21)19(26)16-2-1-11-27-16/h1-6,11,15H,7-10,12H2. The van der Waals surface area contributed by atoms with Crippen molar-refractivity contribution in [1.82, 2.24) is 9.80 Å². The van der Waals surface area contributed by atoms with E-state index >= 15 is 0 Å². The highest BCUT2D eigenvalue weighted by Gasteiger charge is 2.43. The van der Waals surface area contributed by atoms with Crippen molar-refractivity contribution >= 4 is 35.0 Å². The van der Waals surface area contributed by atoms with Crippen LogP contribution in [0, 0.1) is 0 Å². The van der Waals surface area contributed by atoms with E-state index in [4.69, 9.17) is 16.0 Å². The minimum Gasteiger partial charge on any atom is -0.459 e. The quantitative estimate of drug-likeness (QED) is 0.753. The lowest BCUT2D eigenvalue weighted by molar-refractivity contribution is -0.123. The molecule has 4 rings (SSSR count). The average molecular weight is 388 g/mol. The van der Waals surface area contributed by atoms with Gasteiger partial charge in [-0.25, -0.2) is 4.90 Å². The molecule has 0 aliphatic carbocycles. The molecule has 0 N–H and O–H groups in total. The lowest BCUT2D eigenvalue weighted by atomic mass is 10.1. The molecule has 0 bridgehead atoms. The fraction of sp³-hybridized carbons (Fsp3) is 0.316. The highest BCUT2D eigenvalue weighted by molar-refractivity contribution is 6.30. The van der Waals surface area contributed by atoms with Gasteiger partial charge in [-0.05, 0) is 36.4 Å². The van der Waals surface area contributed by atoms with Crippen LogP contribution in [0.3, 0.4) is 0 Å². The Hall–Kier alpha value is -2.64. The number of hydrogen-bond acceptors (Lipinski definition) is 5. The molecule has 140 valence electrons. The van der Waals surface area contributed by atoms with Crippen molar-refractivity contribution in [1.29, 1.82) is 0 Å². The minimum absolute atomic E-state index is 0.146. The Morgan fingerprint density at radius 3 is 2.37 bits per heavy atom. The Kier molecular flexibility index (Phi) is 4.72. The summed E-state index contributed by atoms with van der Waals surface area (Å²) in [5.74, 6) is -0.296. The molecule has 8 heteroatoms. The first kappa shape index (κ1) is 17.8. The molecular formula is C19H18ClN3O4. The van der Waals surface area contributed by atoms with E-state index < -0.39 is 6.04 Å². The van der Waals surface area contributed by atoms with E-state index in [2.05, 4.69) is 0 Å². The topological polar surface area (TPSA) is 74.1 Å². The number of amides is 3. The van der Waals surface area contributed by atoms with Gasteiger partial charge in [-0.2, -0.15) is 0 Å². The van der Waals surface area contributed by atoms with Crippen molar-refractivity contribution in [2.24, 2.45) is 0 Å². The molecule has 3 heterocycles. The Morgan fingerprint density at radius 1 is 1.04 bits per heavy atom. The number of rotatable bonds is 3. The molecular weight excluding hydrogens is 370 g/mol. The summed E-state index contributed by atoms with van der Waals surface area (Å²) in [7, 11) is 0. The third kappa shape index (κ3) is 3.36. The van der Waals surface area contributed by atoms with Crippen LogP contribution in [-0.2, 0) is 9.59 Å². The molecule has 0 spiro atoms. The van der Waals surface area contributed by atoms with Crippen LogP contribution in [-0.4, -0.2) is 59.7 Å². The van der Waals surface area contributed by atoms with E-state index in [-0.39, 0.29) is 24.1 Å². The molecule has 2 aliphatic rings. The average Bonchev–Trinajstić information content (AvgIpc) is 3.31. The Balaban J connectivity index is 1.41. The summed E-state index contributed by atoms with van der Waals surface area (Å²) in [6.45, 7) is 2.03. The van der Waals surface area contributed by atoms with Gasteiger partial charge in [0.25, 0.3) is 11.8 Å². The number of imide groups is 1. The predicted molar refractivity (Wildman–Crippen MR) is 98.5 cm³/mol. The second-order valence-corrected chi connectivity index (χ2v) is 7.01. The fourth-order valence-electron chi connectivity index (χ4n) is 3.56. The van der Waals surface area contributed by atoms with Crippen LogP contribution in [0.5, 0.6) is 0 Å². The van der Waals surface area contributed by atoms with Gasteiger partial charge < -0.3 is 9.32 Å². The monoisotopic (exact) mass is 387 g/mol. The summed E-state index contributed by atoms with van der Waals surface area (Å²) < 4.78 is 5.16. The molecule has 0 radical (unpaired) electrons. The largest absolute Gasteiger partial charge is 0.459 e. The first-order chi connectivity index (χ1) is 13.0. The van der Waals surface area contributed by atoms with Crippen molar-refractivity contribution in [3.05, 3.63) is 53.4 Å². The van der Waals surface area contributed by atoms with E-state index in [1.165, 1.54) is 11.2 Å². The first-order valence-corrected chi connectivity index (χ1v) is 9.11. The molecule has 27 heavy (non-hydrogen) atoms. The van der Waals surface area contributed by atoms with Crippen molar-refractivity contribution < 1.29 is 18.8 Å². The van der Waals surface area contributed by atoms with Crippen molar-refractivity contribution in [3.8, 4) is 0 Å². The SMILES string of the molecule is O=C(c1ccco1)N1CCN(C2CC(=O)N(c3ccc(Cl)cc3)C2=O)CC1. The summed E-state index contributed by atoms with van der Waals surface area (Å²) in [6, 6.07) is 9.47. The zero-order chi connectivity index (χ0) is 19.0. The maximum Gasteiger partial charge on any atom is 0.289 e.